The number of ether oxygens (including phenoxy) is 3. The van der Waals surface area contributed by atoms with Crippen molar-refractivity contribution in [2.24, 2.45) is 0 Å². The molecule has 1 rings (SSSR count). The molecular formula is C22H36NO8P. The average Bonchev–Trinajstić information content (AvgIpc) is 2.72. The van der Waals surface area contributed by atoms with Crippen LogP contribution in [0.2, 0.25) is 0 Å². The van der Waals surface area contributed by atoms with Gasteiger partial charge in [-0.15, -0.1) is 0 Å². The van der Waals surface area contributed by atoms with Gasteiger partial charge in [0.1, 0.15) is 11.9 Å². The molecular weight excluding hydrogens is 437 g/mol. The molecule has 1 N–H and O–H groups in total. The molecule has 0 radical (unpaired) electrons. The lowest BCUT2D eigenvalue weighted by atomic mass is 10.0. The van der Waals surface area contributed by atoms with Gasteiger partial charge in [0.2, 0.25) is 5.91 Å². The molecule has 0 aliphatic heterocycles. The number of hydrogen-bond donors (Lipinski definition) is 1. The molecule has 9 nitrogen and oxygen atoms in total. The van der Waals surface area contributed by atoms with E-state index in [1.54, 1.807) is 26.8 Å². The minimum Gasteiger partial charge on any atom is -0.496 e. The van der Waals surface area contributed by atoms with Crippen molar-refractivity contribution in [2.75, 3.05) is 33.1 Å². The van der Waals surface area contributed by atoms with Gasteiger partial charge in [-0.1, -0.05) is 12.1 Å². The van der Waals surface area contributed by atoms with Crippen LogP contribution >= 0.6 is 7.60 Å². The molecule has 0 aliphatic carbocycles. The van der Waals surface area contributed by atoms with Gasteiger partial charge in [-0.25, -0.2) is 4.79 Å². The summed E-state index contributed by atoms with van der Waals surface area (Å²) < 4.78 is 39.1. The lowest BCUT2D eigenvalue weighted by molar-refractivity contribution is -0.159. The van der Waals surface area contributed by atoms with Crippen molar-refractivity contribution in [3.05, 3.63) is 29.3 Å². The molecule has 0 saturated carbocycles. The number of nitrogens with one attached hydrogen (secondary N) is 1. The Bertz CT molecular complexity index is 773. The number of carbonyl (C=O) groups excluding carboxylic acids is 2. The fourth-order valence-electron chi connectivity index (χ4n) is 3.01. The number of benzene rings is 1. The van der Waals surface area contributed by atoms with E-state index in [2.05, 4.69) is 5.32 Å². The third kappa shape index (κ3) is 9.69. The summed E-state index contributed by atoms with van der Waals surface area (Å²) in [4.78, 5) is 24.6. The monoisotopic (exact) mass is 473 g/mol. The van der Waals surface area contributed by atoms with E-state index in [0.29, 0.717) is 17.7 Å². The van der Waals surface area contributed by atoms with Gasteiger partial charge in [-0.2, -0.15) is 0 Å². The fraction of sp³-hybridized carbons (Fsp3) is 0.636. The lowest BCUT2D eigenvalue weighted by Gasteiger charge is -2.20. The number of hydrogen-bond acceptors (Lipinski definition) is 8. The summed E-state index contributed by atoms with van der Waals surface area (Å²) in [5, 5.41) is 2.73. The molecule has 1 aromatic carbocycles. The molecule has 0 fully saturated rings. The van der Waals surface area contributed by atoms with Crippen LogP contribution in [0.3, 0.4) is 0 Å². The minimum absolute atomic E-state index is 0.142. The van der Waals surface area contributed by atoms with Crippen molar-refractivity contribution in [1.82, 2.24) is 5.32 Å². The molecule has 182 valence electrons. The third-order valence-electron chi connectivity index (χ3n) is 4.22. The summed E-state index contributed by atoms with van der Waals surface area (Å²) in [6.45, 7) is 9.59. The first-order valence-corrected chi connectivity index (χ1v) is 12.5. The summed E-state index contributed by atoms with van der Waals surface area (Å²) in [6, 6.07) is 5.43. The van der Waals surface area contributed by atoms with E-state index in [9.17, 15) is 14.2 Å². The second kappa shape index (κ2) is 14.3. The van der Waals surface area contributed by atoms with E-state index in [1.165, 1.54) is 7.11 Å². The van der Waals surface area contributed by atoms with Crippen LogP contribution in [0.5, 0.6) is 5.75 Å². The van der Waals surface area contributed by atoms with Gasteiger partial charge in [0, 0.05) is 18.5 Å². The highest BCUT2D eigenvalue weighted by Gasteiger charge is 2.28. The van der Waals surface area contributed by atoms with Crippen molar-refractivity contribution < 1.29 is 37.4 Å². The van der Waals surface area contributed by atoms with Crippen molar-refractivity contribution in [2.45, 2.75) is 59.8 Å². The largest absolute Gasteiger partial charge is 0.496 e. The van der Waals surface area contributed by atoms with Crippen LogP contribution in [0.1, 0.15) is 45.7 Å². The van der Waals surface area contributed by atoms with Crippen LogP contribution in [0.25, 0.3) is 0 Å². The van der Waals surface area contributed by atoms with Crippen molar-refractivity contribution >= 4 is 19.5 Å². The molecule has 0 aliphatic rings. The summed E-state index contributed by atoms with van der Waals surface area (Å²) in [7, 11) is -1.96. The Hall–Kier alpha value is -1.93. The Kier molecular flexibility index (Phi) is 12.5. The summed E-state index contributed by atoms with van der Waals surface area (Å²) in [5.41, 5.74) is 1.52. The zero-order chi connectivity index (χ0) is 24.1. The number of methoxy groups -OCH3 is 1. The minimum atomic E-state index is -3.49. The van der Waals surface area contributed by atoms with Gasteiger partial charge in [0.05, 0.1) is 33.0 Å². The molecule has 0 aromatic heterocycles. The average molecular weight is 474 g/mol. The van der Waals surface area contributed by atoms with Gasteiger partial charge in [-0.3, -0.25) is 9.36 Å². The predicted octanol–water partition coefficient (Wildman–Crippen LogP) is 3.48. The van der Waals surface area contributed by atoms with Crippen LogP contribution in [0, 0.1) is 0 Å². The molecule has 1 amide bonds. The fourth-order valence-corrected chi connectivity index (χ4v) is 4.52. The van der Waals surface area contributed by atoms with E-state index in [0.717, 1.165) is 5.56 Å². The highest BCUT2D eigenvalue weighted by atomic mass is 31.2. The van der Waals surface area contributed by atoms with Gasteiger partial charge in [0.25, 0.3) is 0 Å². The maximum atomic E-state index is 12.6. The van der Waals surface area contributed by atoms with Crippen LogP contribution in [0.4, 0.5) is 0 Å². The molecule has 1 atom stereocenters. The zero-order valence-corrected chi connectivity index (χ0v) is 20.7. The first-order valence-electron chi connectivity index (χ1n) is 10.8. The molecule has 32 heavy (non-hydrogen) atoms. The first kappa shape index (κ1) is 28.1. The normalized spacial score (nSPS) is 12.5. The van der Waals surface area contributed by atoms with Gasteiger partial charge in [-0.05, 0) is 46.2 Å². The van der Waals surface area contributed by atoms with Crippen molar-refractivity contribution in [1.29, 1.82) is 0 Å². The maximum absolute atomic E-state index is 12.6. The lowest BCUT2D eigenvalue weighted by Crippen LogP contribution is -2.31. The van der Waals surface area contributed by atoms with Gasteiger partial charge < -0.3 is 28.6 Å². The predicted molar refractivity (Wildman–Crippen MR) is 121 cm³/mol. The van der Waals surface area contributed by atoms with Gasteiger partial charge >= 0.3 is 13.6 Å². The molecule has 0 spiro atoms. The van der Waals surface area contributed by atoms with Crippen LogP contribution in [-0.2, 0) is 45.6 Å². The van der Waals surface area contributed by atoms with E-state index < -0.39 is 25.6 Å². The second-order valence-electron chi connectivity index (χ2n) is 7.16. The summed E-state index contributed by atoms with van der Waals surface area (Å²) >= 11 is 0. The SMILES string of the molecule is CCOC(=O)C(Cc1ccc(OC)c(CNC(=O)CP(=O)(OCC)OCC)c1)OC(C)C. The van der Waals surface area contributed by atoms with Crippen molar-refractivity contribution in [3.63, 3.8) is 0 Å². The standard InChI is InChI=1S/C22H36NO8P/c1-7-28-22(25)20(31-16(4)5)13-17-10-11-19(27-6)18(12-17)14-23-21(24)15-32(26,29-8-2)30-9-3/h10-12,16,20H,7-9,13-15H2,1-6H3,(H,23,24). The zero-order valence-electron chi connectivity index (χ0n) is 19.8. The van der Waals surface area contributed by atoms with E-state index in [4.69, 9.17) is 23.3 Å². The highest BCUT2D eigenvalue weighted by molar-refractivity contribution is 7.54. The quantitative estimate of drug-likeness (QED) is 0.305. The summed E-state index contributed by atoms with van der Waals surface area (Å²) in [5.74, 6) is -0.311. The maximum Gasteiger partial charge on any atom is 0.340 e. The highest BCUT2D eigenvalue weighted by Crippen LogP contribution is 2.47. The van der Waals surface area contributed by atoms with E-state index in [-0.39, 0.29) is 38.6 Å². The van der Waals surface area contributed by atoms with E-state index >= 15 is 0 Å². The molecule has 1 unspecified atom stereocenters. The van der Waals surface area contributed by atoms with Crippen LogP contribution in [-0.4, -0.2) is 57.2 Å². The Labute approximate surface area is 190 Å². The summed E-state index contributed by atoms with van der Waals surface area (Å²) in [6.07, 6.45) is -0.947. The van der Waals surface area contributed by atoms with E-state index in [1.807, 2.05) is 26.0 Å². The van der Waals surface area contributed by atoms with Crippen LogP contribution < -0.4 is 10.1 Å². The number of rotatable bonds is 15. The smallest absolute Gasteiger partial charge is 0.340 e. The third-order valence-corrected chi connectivity index (χ3v) is 6.19. The number of amides is 1. The molecule has 0 saturated heterocycles. The first-order chi connectivity index (χ1) is 15.2. The Morgan fingerprint density at radius 2 is 1.72 bits per heavy atom. The van der Waals surface area contributed by atoms with Crippen LogP contribution in [0.15, 0.2) is 18.2 Å². The molecule has 0 heterocycles. The van der Waals surface area contributed by atoms with Crippen molar-refractivity contribution in [3.8, 4) is 5.75 Å². The number of carbonyl (C=O) groups is 2. The molecule has 0 bridgehead atoms. The van der Waals surface area contributed by atoms with Gasteiger partial charge in [0.15, 0.2) is 6.10 Å². The second-order valence-corrected chi connectivity index (χ2v) is 9.21. The number of esters is 1. The topological polar surface area (TPSA) is 109 Å². The Morgan fingerprint density at radius 1 is 1.06 bits per heavy atom. The Morgan fingerprint density at radius 3 is 2.25 bits per heavy atom. The molecule has 1 aromatic rings. The Balaban J connectivity index is 2.92. The molecule has 10 heteroatoms.